The third-order valence-corrected chi connectivity index (χ3v) is 6.84. The summed E-state index contributed by atoms with van der Waals surface area (Å²) in [5, 5.41) is 23.6. The maximum Gasteiger partial charge on any atom is 0.295 e. The van der Waals surface area contributed by atoms with Gasteiger partial charge in [0.2, 0.25) is 0 Å². The van der Waals surface area contributed by atoms with E-state index >= 15 is 0 Å². The molecular weight excluding hydrogens is 485 g/mol. The average Bonchev–Trinajstić information content (AvgIpc) is 3.39. The van der Waals surface area contributed by atoms with E-state index in [1.807, 2.05) is 17.5 Å². The number of ketones is 1. The van der Waals surface area contributed by atoms with Crippen molar-refractivity contribution in [1.29, 1.82) is 0 Å². The summed E-state index contributed by atoms with van der Waals surface area (Å²) in [4.78, 5) is 28.5. The van der Waals surface area contributed by atoms with E-state index in [1.165, 1.54) is 40.5 Å². The van der Waals surface area contributed by atoms with Gasteiger partial charge < -0.3 is 19.8 Å². The van der Waals surface area contributed by atoms with Crippen LogP contribution in [-0.4, -0.2) is 33.4 Å². The second kappa shape index (κ2) is 9.47. The zero-order valence-corrected chi connectivity index (χ0v) is 19.7. The molecule has 1 saturated heterocycles. The number of phenolic OH excluding ortho intramolecular Hbond substituents is 1. The van der Waals surface area contributed by atoms with Crippen LogP contribution >= 0.6 is 34.5 Å². The van der Waals surface area contributed by atoms with Crippen LogP contribution in [-0.2, 0) is 16.1 Å². The summed E-state index contributed by atoms with van der Waals surface area (Å²) in [6, 6.07) is 11.9. The Bertz CT molecular complexity index is 1260. The Hall–Kier alpha value is -3.00. The summed E-state index contributed by atoms with van der Waals surface area (Å²) < 4.78 is 5.49. The quantitative estimate of drug-likeness (QED) is 0.253. The summed E-state index contributed by atoms with van der Waals surface area (Å²) in [6.07, 6.45) is 0. The van der Waals surface area contributed by atoms with Gasteiger partial charge in [0, 0.05) is 10.4 Å². The lowest BCUT2D eigenvalue weighted by Gasteiger charge is -2.25. The minimum absolute atomic E-state index is 0.0692. The number of aromatic hydroxyl groups is 1. The molecule has 1 aliphatic heterocycles. The lowest BCUT2D eigenvalue weighted by molar-refractivity contribution is -0.140. The van der Waals surface area contributed by atoms with Gasteiger partial charge in [0.25, 0.3) is 11.7 Å². The molecule has 170 valence electrons. The van der Waals surface area contributed by atoms with Crippen LogP contribution in [0.2, 0.25) is 10.0 Å². The lowest BCUT2D eigenvalue weighted by atomic mass is 9.95. The zero-order chi connectivity index (χ0) is 23.7. The second-order valence-electron chi connectivity index (χ2n) is 7.30. The Morgan fingerprint density at radius 2 is 1.91 bits per heavy atom. The highest BCUT2D eigenvalue weighted by atomic mass is 35.5. The summed E-state index contributed by atoms with van der Waals surface area (Å²) >= 11 is 13.6. The monoisotopic (exact) mass is 503 g/mol. The van der Waals surface area contributed by atoms with Crippen LogP contribution < -0.4 is 4.74 Å². The Labute approximate surface area is 204 Å². The van der Waals surface area contributed by atoms with Crippen LogP contribution in [0.3, 0.4) is 0 Å². The molecule has 9 heteroatoms. The molecule has 2 aromatic carbocycles. The molecule has 0 spiro atoms. The fourth-order valence-electron chi connectivity index (χ4n) is 3.73. The third-order valence-electron chi connectivity index (χ3n) is 5.24. The minimum Gasteiger partial charge on any atom is -0.507 e. The molecule has 1 aliphatic rings. The maximum absolute atomic E-state index is 13.1. The SMILES string of the molecule is CCOc1cc(C2/C(=C(/O)c3ccc(Cl)c(Cl)c3)C(=O)C(=O)N2Cc2cccs2)ccc1O. The molecule has 2 heterocycles. The highest BCUT2D eigenvalue weighted by Crippen LogP contribution is 2.43. The van der Waals surface area contributed by atoms with Crippen molar-refractivity contribution in [3.05, 3.63) is 85.5 Å². The topological polar surface area (TPSA) is 87.1 Å². The number of aliphatic hydroxyl groups excluding tert-OH is 1. The molecular formula is C24H19Cl2NO5S. The van der Waals surface area contributed by atoms with Gasteiger partial charge in [-0.1, -0.05) is 35.3 Å². The van der Waals surface area contributed by atoms with E-state index in [9.17, 15) is 19.8 Å². The van der Waals surface area contributed by atoms with Crippen LogP contribution in [0.5, 0.6) is 11.5 Å². The largest absolute Gasteiger partial charge is 0.507 e. The predicted octanol–water partition coefficient (Wildman–Crippen LogP) is 5.78. The molecule has 4 rings (SSSR count). The normalized spacial score (nSPS) is 17.5. The van der Waals surface area contributed by atoms with Crippen molar-refractivity contribution in [2.24, 2.45) is 0 Å². The van der Waals surface area contributed by atoms with Crippen LogP contribution in [0, 0.1) is 0 Å². The van der Waals surface area contributed by atoms with Crippen LogP contribution in [0.4, 0.5) is 0 Å². The number of ether oxygens (including phenoxy) is 1. The number of hydrogen-bond acceptors (Lipinski definition) is 6. The Kier molecular flexibility index (Phi) is 6.65. The summed E-state index contributed by atoms with van der Waals surface area (Å²) in [5.41, 5.74) is 0.684. The van der Waals surface area contributed by atoms with Gasteiger partial charge in [0.1, 0.15) is 5.76 Å². The molecule has 1 unspecified atom stereocenters. The molecule has 1 fully saturated rings. The number of carbonyl (C=O) groups excluding carboxylic acids is 2. The van der Waals surface area contributed by atoms with Crippen molar-refractivity contribution in [2.75, 3.05) is 6.61 Å². The molecule has 1 aromatic heterocycles. The van der Waals surface area contributed by atoms with E-state index in [-0.39, 0.29) is 40.0 Å². The predicted molar refractivity (Wildman–Crippen MR) is 128 cm³/mol. The average molecular weight is 504 g/mol. The first-order valence-corrected chi connectivity index (χ1v) is 11.7. The number of amides is 1. The van der Waals surface area contributed by atoms with Crippen LogP contribution in [0.15, 0.2) is 59.5 Å². The second-order valence-corrected chi connectivity index (χ2v) is 9.14. The van der Waals surface area contributed by atoms with E-state index in [2.05, 4.69) is 0 Å². The van der Waals surface area contributed by atoms with Crippen molar-refractivity contribution < 1.29 is 24.5 Å². The number of aliphatic hydroxyl groups is 1. The number of rotatable bonds is 6. The van der Waals surface area contributed by atoms with E-state index in [0.29, 0.717) is 17.2 Å². The zero-order valence-electron chi connectivity index (χ0n) is 17.4. The Balaban J connectivity index is 1.90. The molecule has 1 amide bonds. The smallest absolute Gasteiger partial charge is 0.295 e. The molecule has 6 nitrogen and oxygen atoms in total. The van der Waals surface area contributed by atoms with E-state index in [0.717, 1.165) is 4.88 Å². The van der Waals surface area contributed by atoms with E-state index in [1.54, 1.807) is 19.1 Å². The summed E-state index contributed by atoms with van der Waals surface area (Å²) in [7, 11) is 0. The summed E-state index contributed by atoms with van der Waals surface area (Å²) in [5.74, 6) is -1.77. The van der Waals surface area contributed by atoms with Gasteiger partial charge in [-0.05, 0) is 54.3 Å². The number of hydrogen-bond donors (Lipinski definition) is 2. The standard InChI is InChI=1S/C24H19Cl2NO5S/c1-2-32-19-11-13(6-8-18(19)28)21-20(22(29)14-5-7-16(25)17(26)10-14)23(30)24(31)27(21)12-15-4-3-9-33-15/h3-11,21,28-29H,2,12H2,1H3/b22-20-. The Morgan fingerprint density at radius 3 is 2.58 bits per heavy atom. The first kappa shape index (κ1) is 23.2. The number of carbonyl (C=O) groups is 2. The molecule has 0 bridgehead atoms. The molecule has 33 heavy (non-hydrogen) atoms. The number of nitrogens with zero attached hydrogens (tertiary/aromatic N) is 1. The van der Waals surface area contributed by atoms with Crippen molar-refractivity contribution in [2.45, 2.75) is 19.5 Å². The number of likely N-dealkylation sites (tertiary alicyclic amines) is 1. The van der Waals surface area contributed by atoms with Gasteiger partial charge in [0.15, 0.2) is 11.5 Å². The number of benzene rings is 2. The van der Waals surface area contributed by atoms with E-state index < -0.39 is 17.7 Å². The van der Waals surface area contributed by atoms with Gasteiger partial charge in [-0.3, -0.25) is 9.59 Å². The molecule has 1 atom stereocenters. The molecule has 0 radical (unpaired) electrons. The van der Waals surface area contributed by atoms with Crippen molar-refractivity contribution in [1.82, 2.24) is 4.90 Å². The fourth-order valence-corrected chi connectivity index (χ4v) is 4.73. The lowest BCUT2D eigenvalue weighted by Crippen LogP contribution is -2.28. The molecule has 2 N–H and O–H groups in total. The highest BCUT2D eigenvalue weighted by molar-refractivity contribution is 7.09. The number of Topliss-reactive ketones (excluding diaryl/α,β-unsaturated/α-hetero) is 1. The van der Waals surface area contributed by atoms with Crippen LogP contribution in [0.1, 0.15) is 29.0 Å². The fraction of sp³-hybridized carbons (Fsp3) is 0.167. The molecule has 3 aromatic rings. The van der Waals surface area contributed by atoms with E-state index in [4.69, 9.17) is 27.9 Å². The van der Waals surface area contributed by atoms with Crippen molar-refractivity contribution >= 4 is 52.0 Å². The highest BCUT2D eigenvalue weighted by Gasteiger charge is 2.46. The first-order valence-electron chi connectivity index (χ1n) is 10.0. The Morgan fingerprint density at radius 1 is 1.12 bits per heavy atom. The van der Waals surface area contributed by atoms with Gasteiger partial charge in [-0.2, -0.15) is 0 Å². The molecule has 0 saturated carbocycles. The van der Waals surface area contributed by atoms with Gasteiger partial charge in [0.05, 0.1) is 34.8 Å². The van der Waals surface area contributed by atoms with Crippen molar-refractivity contribution in [3.8, 4) is 11.5 Å². The van der Waals surface area contributed by atoms with Gasteiger partial charge in [-0.25, -0.2) is 0 Å². The van der Waals surface area contributed by atoms with Gasteiger partial charge in [-0.15, -0.1) is 11.3 Å². The van der Waals surface area contributed by atoms with Gasteiger partial charge >= 0.3 is 0 Å². The summed E-state index contributed by atoms with van der Waals surface area (Å²) in [6.45, 7) is 2.27. The van der Waals surface area contributed by atoms with Crippen molar-refractivity contribution in [3.63, 3.8) is 0 Å². The number of halogens is 2. The number of thiophene rings is 1. The first-order chi connectivity index (χ1) is 15.8. The number of phenols is 1. The minimum atomic E-state index is -0.902. The van der Waals surface area contributed by atoms with Crippen LogP contribution in [0.25, 0.3) is 5.76 Å². The maximum atomic E-state index is 13.1. The molecule has 0 aliphatic carbocycles. The third kappa shape index (κ3) is 4.44.